The van der Waals surface area contributed by atoms with Crippen LogP contribution in [0.1, 0.15) is 45.1 Å². The Morgan fingerprint density at radius 1 is 1.05 bits per heavy atom. The van der Waals surface area contributed by atoms with Gasteiger partial charge in [0.15, 0.2) is 0 Å². The van der Waals surface area contributed by atoms with E-state index in [-0.39, 0.29) is 11.4 Å². The summed E-state index contributed by atoms with van der Waals surface area (Å²) in [4.78, 5) is 0. The summed E-state index contributed by atoms with van der Waals surface area (Å²) in [6.07, 6.45) is 5.05. The summed E-state index contributed by atoms with van der Waals surface area (Å²) in [6.45, 7) is 4.62. The smallest absolute Gasteiger partial charge is 0.123 e. The van der Waals surface area contributed by atoms with Gasteiger partial charge in [0.05, 0.1) is 0 Å². The molecule has 0 radical (unpaired) electrons. The van der Waals surface area contributed by atoms with E-state index in [0.717, 1.165) is 17.4 Å². The highest BCUT2D eigenvalue weighted by molar-refractivity contribution is 5.28. The van der Waals surface area contributed by atoms with Gasteiger partial charge in [0.1, 0.15) is 5.82 Å². The Morgan fingerprint density at radius 2 is 1.74 bits per heavy atom. The van der Waals surface area contributed by atoms with Crippen LogP contribution in [0.15, 0.2) is 24.3 Å². The van der Waals surface area contributed by atoms with Crippen LogP contribution in [0.4, 0.5) is 4.39 Å². The van der Waals surface area contributed by atoms with Gasteiger partial charge in [-0.25, -0.2) is 4.39 Å². The van der Waals surface area contributed by atoms with Gasteiger partial charge in [0.25, 0.3) is 0 Å². The SMILES string of the molecule is CC1CC2CC(C)C(N)(c3ccc(F)cc3)C(C1)C2. The van der Waals surface area contributed by atoms with Crippen molar-refractivity contribution < 1.29 is 4.39 Å². The van der Waals surface area contributed by atoms with Gasteiger partial charge in [-0.2, -0.15) is 0 Å². The van der Waals surface area contributed by atoms with Crippen molar-refractivity contribution in [3.05, 3.63) is 35.6 Å². The topological polar surface area (TPSA) is 26.0 Å². The molecule has 0 aromatic heterocycles. The number of rotatable bonds is 1. The van der Waals surface area contributed by atoms with E-state index in [2.05, 4.69) is 13.8 Å². The average molecular weight is 261 g/mol. The summed E-state index contributed by atoms with van der Waals surface area (Å²) in [5.41, 5.74) is 7.72. The van der Waals surface area contributed by atoms with Gasteiger partial charge >= 0.3 is 0 Å². The van der Waals surface area contributed by atoms with Gasteiger partial charge in [0, 0.05) is 5.54 Å². The maximum Gasteiger partial charge on any atom is 0.123 e. The molecule has 1 aromatic carbocycles. The van der Waals surface area contributed by atoms with E-state index in [9.17, 15) is 4.39 Å². The van der Waals surface area contributed by atoms with E-state index in [4.69, 9.17) is 5.73 Å². The molecule has 0 spiro atoms. The summed E-state index contributed by atoms with van der Waals surface area (Å²) in [5.74, 6) is 2.48. The normalized spacial score (nSPS) is 42.1. The summed E-state index contributed by atoms with van der Waals surface area (Å²) in [5, 5.41) is 0. The molecule has 1 aromatic rings. The van der Waals surface area contributed by atoms with Crippen molar-refractivity contribution in [1.82, 2.24) is 0 Å². The molecule has 0 aliphatic heterocycles. The molecule has 3 rings (SSSR count). The minimum atomic E-state index is -0.265. The molecule has 0 heterocycles. The predicted octanol–water partition coefficient (Wildman–Crippen LogP) is 4.07. The lowest BCUT2D eigenvalue weighted by atomic mass is 9.55. The number of hydrogen-bond donors (Lipinski definition) is 1. The molecule has 5 unspecified atom stereocenters. The highest BCUT2D eigenvalue weighted by Gasteiger charge is 2.49. The monoisotopic (exact) mass is 261 g/mol. The van der Waals surface area contributed by atoms with Gasteiger partial charge in [0.2, 0.25) is 0 Å². The van der Waals surface area contributed by atoms with Crippen molar-refractivity contribution in [2.75, 3.05) is 0 Å². The Kier molecular flexibility index (Phi) is 3.17. The lowest BCUT2D eigenvalue weighted by Crippen LogP contribution is -2.55. The molecular formula is C17H24FN. The van der Waals surface area contributed by atoms with E-state index in [1.807, 2.05) is 12.1 Å². The van der Waals surface area contributed by atoms with E-state index < -0.39 is 0 Å². The van der Waals surface area contributed by atoms with Crippen molar-refractivity contribution in [2.45, 2.75) is 45.1 Å². The molecule has 2 aliphatic carbocycles. The standard InChI is InChI=1S/C17H24FN/c1-11-7-13-9-12(2)17(19,15(8-11)10-13)14-3-5-16(18)6-4-14/h3-6,11-13,15H,7-10,19H2,1-2H3. The van der Waals surface area contributed by atoms with Gasteiger partial charge < -0.3 is 5.73 Å². The average Bonchev–Trinajstić information content (AvgIpc) is 2.36. The minimum absolute atomic E-state index is 0.175. The van der Waals surface area contributed by atoms with Gasteiger partial charge in [-0.3, -0.25) is 0 Å². The summed E-state index contributed by atoms with van der Waals surface area (Å²) < 4.78 is 13.1. The van der Waals surface area contributed by atoms with Crippen molar-refractivity contribution in [3.63, 3.8) is 0 Å². The van der Waals surface area contributed by atoms with Gasteiger partial charge in [-0.05, 0) is 67.1 Å². The summed E-state index contributed by atoms with van der Waals surface area (Å²) >= 11 is 0. The van der Waals surface area contributed by atoms with Crippen molar-refractivity contribution in [3.8, 4) is 0 Å². The molecule has 19 heavy (non-hydrogen) atoms. The predicted molar refractivity (Wildman–Crippen MR) is 76.0 cm³/mol. The first kappa shape index (κ1) is 13.1. The molecule has 2 saturated carbocycles. The number of fused-ring (bicyclic) bond motifs is 2. The summed E-state index contributed by atoms with van der Waals surface area (Å²) in [7, 11) is 0. The third-order valence-corrected chi connectivity index (χ3v) is 5.56. The quantitative estimate of drug-likeness (QED) is 0.810. The van der Waals surface area contributed by atoms with Crippen LogP contribution in [0, 0.1) is 29.5 Å². The Bertz CT molecular complexity index is 451. The van der Waals surface area contributed by atoms with E-state index in [1.54, 1.807) is 12.1 Å². The maximum atomic E-state index is 13.1. The molecule has 2 aliphatic rings. The molecule has 0 saturated heterocycles. The zero-order valence-corrected chi connectivity index (χ0v) is 11.9. The van der Waals surface area contributed by atoms with Crippen LogP contribution in [0.5, 0.6) is 0 Å². The highest BCUT2D eigenvalue weighted by atomic mass is 19.1. The third kappa shape index (κ3) is 2.10. The van der Waals surface area contributed by atoms with Crippen LogP contribution in [0.2, 0.25) is 0 Å². The second kappa shape index (κ2) is 4.59. The second-order valence-corrected chi connectivity index (χ2v) is 6.95. The van der Waals surface area contributed by atoms with Crippen molar-refractivity contribution in [1.29, 1.82) is 0 Å². The van der Waals surface area contributed by atoms with Gasteiger partial charge in [-0.15, -0.1) is 0 Å². The Balaban J connectivity index is 1.98. The molecule has 5 atom stereocenters. The fourth-order valence-corrected chi connectivity index (χ4v) is 4.68. The van der Waals surface area contributed by atoms with E-state index >= 15 is 0 Å². The lowest BCUT2D eigenvalue weighted by molar-refractivity contribution is 0.0201. The zero-order chi connectivity index (χ0) is 13.6. The Labute approximate surface area is 115 Å². The van der Waals surface area contributed by atoms with E-state index in [0.29, 0.717) is 11.8 Å². The van der Waals surface area contributed by atoms with Crippen LogP contribution in [-0.2, 0) is 5.54 Å². The van der Waals surface area contributed by atoms with Crippen LogP contribution in [0.3, 0.4) is 0 Å². The first-order valence-corrected chi connectivity index (χ1v) is 7.55. The molecule has 0 amide bonds. The maximum absolute atomic E-state index is 13.1. The first-order chi connectivity index (χ1) is 9.00. The number of halogens is 1. The fourth-order valence-electron chi connectivity index (χ4n) is 4.68. The summed E-state index contributed by atoms with van der Waals surface area (Å²) in [6, 6.07) is 6.89. The molecule has 104 valence electrons. The van der Waals surface area contributed by atoms with Crippen LogP contribution in [-0.4, -0.2) is 0 Å². The molecule has 2 bridgehead atoms. The largest absolute Gasteiger partial charge is 0.321 e. The minimum Gasteiger partial charge on any atom is -0.321 e. The molecule has 2 N–H and O–H groups in total. The van der Waals surface area contributed by atoms with Crippen molar-refractivity contribution in [2.24, 2.45) is 29.4 Å². The third-order valence-electron chi connectivity index (χ3n) is 5.56. The molecule has 2 heteroatoms. The fraction of sp³-hybridized carbons (Fsp3) is 0.647. The molecule has 2 fully saturated rings. The zero-order valence-electron chi connectivity index (χ0n) is 11.9. The number of hydrogen-bond acceptors (Lipinski definition) is 1. The number of benzene rings is 1. The Morgan fingerprint density at radius 3 is 2.42 bits per heavy atom. The first-order valence-electron chi connectivity index (χ1n) is 7.55. The number of nitrogens with two attached hydrogens (primary N) is 1. The molecular weight excluding hydrogens is 237 g/mol. The molecule has 1 nitrogen and oxygen atoms in total. The van der Waals surface area contributed by atoms with E-state index in [1.165, 1.54) is 25.7 Å². The van der Waals surface area contributed by atoms with Crippen LogP contribution >= 0.6 is 0 Å². The Hall–Kier alpha value is -0.890. The van der Waals surface area contributed by atoms with Crippen LogP contribution in [0.25, 0.3) is 0 Å². The lowest BCUT2D eigenvalue weighted by Gasteiger charge is -2.53. The van der Waals surface area contributed by atoms with Crippen molar-refractivity contribution >= 4 is 0 Å². The highest BCUT2D eigenvalue weighted by Crippen LogP contribution is 2.53. The van der Waals surface area contributed by atoms with Crippen LogP contribution < -0.4 is 5.73 Å². The van der Waals surface area contributed by atoms with Gasteiger partial charge in [-0.1, -0.05) is 26.0 Å². The second-order valence-electron chi connectivity index (χ2n) is 6.95.